The van der Waals surface area contributed by atoms with Crippen molar-refractivity contribution in [2.24, 2.45) is 5.41 Å². The Morgan fingerprint density at radius 2 is 1.58 bits per heavy atom. The number of nitrogens with one attached hydrogen (secondary N) is 1. The van der Waals surface area contributed by atoms with Crippen LogP contribution in [0.3, 0.4) is 0 Å². The van der Waals surface area contributed by atoms with Crippen LogP contribution >= 0.6 is 0 Å². The Morgan fingerprint density at radius 1 is 1.25 bits per heavy atom. The lowest BCUT2D eigenvalue weighted by atomic mass is 9.98. The van der Waals surface area contributed by atoms with Gasteiger partial charge < -0.3 is 10.1 Å². The minimum absolute atomic E-state index is 0.583. The van der Waals surface area contributed by atoms with Crippen LogP contribution in [-0.4, -0.2) is 16.1 Å². The van der Waals surface area contributed by atoms with Crippen LogP contribution < -0.4 is 0 Å². The van der Waals surface area contributed by atoms with Crippen molar-refractivity contribution in [2.75, 3.05) is 0 Å². The van der Waals surface area contributed by atoms with Gasteiger partial charge in [0.25, 0.3) is 0 Å². The van der Waals surface area contributed by atoms with Crippen LogP contribution in [0.4, 0.5) is 0 Å². The first-order valence-electron chi connectivity index (χ1n) is 3.76. The molecule has 3 nitrogen and oxygen atoms in total. The van der Waals surface area contributed by atoms with E-state index in [9.17, 15) is 4.79 Å². The van der Waals surface area contributed by atoms with Crippen molar-refractivity contribution in [3.05, 3.63) is 24.5 Å². The van der Waals surface area contributed by atoms with Crippen LogP contribution in [0.5, 0.6) is 0 Å². The van der Waals surface area contributed by atoms with E-state index in [2.05, 4.69) is 4.98 Å². The molecule has 0 fully saturated rings. The fourth-order valence-corrected chi connectivity index (χ4v) is 0.278. The van der Waals surface area contributed by atoms with Crippen molar-refractivity contribution in [1.82, 2.24) is 4.98 Å². The van der Waals surface area contributed by atoms with E-state index in [0.29, 0.717) is 0 Å². The summed E-state index contributed by atoms with van der Waals surface area (Å²) < 4.78 is 0. The number of aromatic amines is 1. The van der Waals surface area contributed by atoms with Crippen molar-refractivity contribution >= 4 is 5.97 Å². The highest BCUT2D eigenvalue weighted by Gasteiger charge is 2.18. The van der Waals surface area contributed by atoms with Crippen molar-refractivity contribution in [3.8, 4) is 0 Å². The molecule has 0 radical (unpaired) electrons. The maximum absolute atomic E-state index is 10.0. The lowest BCUT2D eigenvalue weighted by Crippen LogP contribution is -2.18. The number of H-pyrrole nitrogens is 1. The number of aliphatic carboxylic acids is 1. The van der Waals surface area contributed by atoms with Gasteiger partial charge in [-0.05, 0) is 32.9 Å². The molecule has 0 spiro atoms. The second-order valence-corrected chi connectivity index (χ2v) is 3.44. The second-order valence-electron chi connectivity index (χ2n) is 3.44. The van der Waals surface area contributed by atoms with Gasteiger partial charge in [0.05, 0.1) is 5.41 Å². The third-order valence-electron chi connectivity index (χ3n) is 1.14. The largest absolute Gasteiger partial charge is 0.481 e. The van der Waals surface area contributed by atoms with Gasteiger partial charge in [0.2, 0.25) is 0 Å². The van der Waals surface area contributed by atoms with Crippen LogP contribution in [0, 0.1) is 5.41 Å². The molecule has 1 heterocycles. The third kappa shape index (κ3) is 5.53. The van der Waals surface area contributed by atoms with Crippen LogP contribution in [0.1, 0.15) is 20.8 Å². The zero-order chi connectivity index (χ0) is 9.61. The Balaban J connectivity index is 0.000000211. The molecule has 3 heteroatoms. The van der Waals surface area contributed by atoms with E-state index >= 15 is 0 Å². The van der Waals surface area contributed by atoms with Crippen molar-refractivity contribution in [3.63, 3.8) is 0 Å². The van der Waals surface area contributed by atoms with Crippen LogP contribution in [0.15, 0.2) is 24.5 Å². The number of carbonyl (C=O) groups is 1. The number of carboxylic acid groups (broad SMARTS) is 1. The van der Waals surface area contributed by atoms with E-state index in [1.807, 2.05) is 24.5 Å². The predicted octanol–water partition coefficient (Wildman–Crippen LogP) is 2.13. The van der Waals surface area contributed by atoms with Gasteiger partial charge in [-0.1, -0.05) is 0 Å². The molecule has 0 aliphatic carbocycles. The van der Waals surface area contributed by atoms with E-state index in [-0.39, 0.29) is 0 Å². The van der Waals surface area contributed by atoms with Gasteiger partial charge in [-0.25, -0.2) is 0 Å². The zero-order valence-electron chi connectivity index (χ0n) is 7.66. The molecule has 0 amide bonds. The van der Waals surface area contributed by atoms with Gasteiger partial charge in [0.1, 0.15) is 0 Å². The second kappa shape index (κ2) is 4.59. The smallest absolute Gasteiger partial charge is 0.308 e. The summed E-state index contributed by atoms with van der Waals surface area (Å²) >= 11 is 0. The maximum Gasteiger partial charge on any atom is 0.308 e. The zero-order valence-corrected chi connectivity index (χ0v) is 7.66. The first kappa shape index (κ1) is 10.8. The van der Waals surface area contributed by atoms with E-state index in [1.54, 1.807) is 20.8 Å². The van der Waals surface area contributed by atoms with E-state index in [1.165, 1.54) is 0 Å². The lowest BCUT2D eigenvalue weighted by Gasteiger charge is -2.08. The van der Waals surface area contributed by atoms with Crippen molar-refractivity contribution < 1.29 is 9.90 Å². The molecule has 0 unspecified atom stereocenters. The fourth-order valence-electron chi connectivity index (χ4n) is 0.278. The molecular formula is C9H15NO2. The monoisotopic (exact) mass is 169 g/mol. The minimum atomic E-state index is -0.757. The standard InChI is InChI=1S/C5H10O2.C4H5N/c1-5(2,3)4(6)7;1-2-4-5-3-1/h1-3H3,(H,6,7);1-5H. The van der Waals surface area contributed by atoms with Crippen LogP contribution in [0.2, 0.25) is 0 Å². The average molecular weight is 169 g/mol. The van der Waals surface area contributed by atoms with Crippen molar-refractivity contribution in [1.29, 1.82) is 0 Å². The van der Waals surface area contributed by atoms with E-state index < -0.39 is 11.4 Å². The first-order chi connectivity index (χ1) is 5.44. The Hall–Kier alpha value is -1.25. The van der Waals surface area contributed by atoms with E-state index in [4.69, 9.17) is 5.11 Å². The quantitative estimate of drug-likeness (QED) is 0.625. The number of rotatable bonds is 0. The van der Waals surface area contributed by atoms with Crippen LogP contribution in [0.25, 0.3) is 0 Å². The molecule has 0 aliphatic heterocycles. The predicted molar refractivity (Wildman–Crippen MR) is 47.9 cm³/mol. The molecule has 0 aromatic carbocycles. The molecule has 2 N–H and O–H groups in total. The lowest BCUT2D eigenvalue weighted by molar-refractivity contribution is -0.145. The fraction of sp³-hybridized carbons (Fsp3) is 0.444. The molecule has 0 saturated carbocycles. The number of hydrogen-bond acceptors (Lipinski definition) is 1. The number of hydrogen-bond donors (Lipinski definition) is 2. The normalized spacial score (nSPS) is 9.92. The Kier molecular flexibility index (Phi) is 4.11. The summed E-state index contributed by atoms with van der Waals surface area (Å²) in [5.41, 5.74) is -0.583. The molecule has 0 atom stereocenters. The molecule has 68 valence electrons. The summed E-state index contributed by atoms with van der Waals surface area (Å²) in [6.45, 7) is 4.99. The van der Waals surface area contributed by atoms with E-state index in [0.717, 1.165) is 0 Å². The molecule has 1 aromatic heterocycles. The van der Waals surface area contributed by atoms with Gasteiger partial charge in [-0.3, -0.25) is 4.79 Å². The first-order valence-corrected chi connectivity index (χ1v) is 3.76. The van der Waals surface area contributed by atoms with Gasteiger partial charge in [0.15, 0.2) is 0 Å². The SMILES string of the molecule is CC(C)(C)C(=O)O.c1cc[nH]c1. The van der Waals surface area contributed by atoms with Gasteiger partial charge in [-0.15, -0.1) is 0 Å². The summed E-state index contributed by atoms with van der Waals surface area (Å²) in [4.78, 5) is 12.9. The van der Waals surface area contributed by atoms with Gasteiger partial charge in [-0.2, -0.15) is 0 Å². The van der Waals surface area contributed by atoms with Crippen LogP contribution in [-0.2, 0) is 4.79 Å². The Morgan fingerprint density at radius 3 is 1.67 bits per heavy atom. The highest BCUT2D eigenvalue weighted by molar-refractivity contribution is 5.72. The molecule has 0 aliphatic rings. The molecule has 0 saturated heterocycles. The molecular weight excluding hydrogens is 154 g/mol. The molecule has 1 rings (SSSR count). The number of aromatic nitrogens is 1. The topological polar surface area (TPSA) is 53.1 Å². The summed E-state index contributed by atoms with van der Waals surface area (Å²) in [5, 5.41) is 8.25. The average Bonchev–Trinajstić information content (AvgIpc) is 2.39. The Labute approximate surface area is 72.4 Å². The number of carboxylic acids is 1. The van der Waals surface area contributed by atoms with Gasteiger partial charge >= 0.3 is 5.97 Å². The van der Waals surface area contributed by atoms with Crippen molar-refractivity contribution in [2.45, 2.75) is 20.8 Å². The summed E-state index contributed by atoms with van der Waals surface area (Å²) in [7, 11) is 0. The summed E-state index contributed by atoms with van der Waals surface area (Å²) in [5.74, 6) is -0.757. The minimum Gasteiger partial charge on any atom is -0.481 e. The molecule has 12 heavy (non-hydrogen) atoms. The highest BCUT2D eigenvalue weighted by atomic mass is 16.4. The molecule has 1 aromatic rings. The summed E-state index contributed by atoms with van der Waals surface area (Å²) in [6.07, 6.45) is 3.75. The summed E-state index contributed by atoms with van der Waals surface area (Å²) in [6, 6.07) is 3.89. The highest BCUT2D eigenvalue weighted by Crippen LogP contribution is 2.11. The molecule has 0 bridgehead atoms. The van der Waals surface area contributed by atoms with Gasteiger partial charge in [0, 0.05) is 12.4 Å². The maximum atomic E-state index is 10.0. The Bertz CT molecular complexity index is 192. The third-order valence-corrected chi connectivity index (χ3v) is 1.14.